The Balaban J connectivity index is 1.56. The van der Waals surface area contributed by atoms with E-state index in [1.807, 2.05) is 24.3 Å². The quantitative estimate of drug-likeness (QED) is 0.852. The van der Waals surface area contributed by atoms with Crippen LogP contribution >= 0.6 is 23.8 Å². The summed E-state index contributed by atoms with van der Waals surface area (Å²) in [6.07, 6.45) is 5.19. The first-order chi connectivity index (χ1) is 10.7. The first kappa shape index (κ1) is 15.0. The summed E-state index contributed by atoms with van der Waals surface area (Å²) < 4.78 is 0. The van der Waals surface area contributed by atoms with Crippen LogP contribution in [0.3, 0.4) is 0 Å². The van der Waals surface area contributed by atoms with E-state index in [2.05, 4.69) is 25.1 Å². The fourth-order valence-corrected chi connectivity index (χ4v) is 2.85. The van der Waals surface area contributed by atoms with E-state index >= 15 is 0 Å². The molecule has 0 bridgehead atoms. The molecule has 0 unspecified atom stereocenters. The molecule has 3 rings (SSSR count). The van der Waals surface area contributed by atoms with E-state index < -0.39 is 0 Å². The minimum atomic E-state index is 0.695. The molecule has 0 amide bonds. The summed E-state index contributed by atoms with van der Waals surface area (Å²) in [6.45, 7) is 3.44. The van der Waals surface area contributed by atoms with Crippen molar-refractivity contribution in [1.82, 2.24) is 14.9 Å². The van der Waals surface area contributed by atoms with Crippen molar-refractivity contribution >= 4 is 40.4 Å². The van der Waals surface area contributed by atoms with Gasteiger partial charge in [-0.1, -0.05) is 17.7 Å². The molecular weight excluding hydrogens is 318 g/mol. The van der Waals surface area contributed by atoms with Crippen molar-refractivity contribution in [2.45, 2.75) is 0 Å². The van der Waals surface area contributed by atoms with E-state index in [1.54, 1.807) is 18.6 Å². The van der Waals surface area contributed by atoms with Gasteiger partial charge < -0.3 is 15.1 Å². The molecule has 22 heavy (non-hydrogen) atoms. The summed E-state index contributed by atoms with van der Waals surface area (Å²) in [5.74, 6) is 0.913. The van der Waals surface area contributed by atoms with Crippen LogP contribution in [-0.2, 0) is 0 Å². The van der Waals surface area contributed by atoms with E-state index in [0.29, 0.717) is 5.02 Å². The SMILES string of the molecule is S=C(Nc1cccc(Cl)c1)N1CCN(c2cnccn2)CC1. The topological polar surface area (TPSA) is 44.3 Å². The molecule has 5 nitrogen and oxygen atoms in total. The molecule has 0 radical (unpaired) electrons. The van der Waals surface area contributed by atoms with Gasteiger partial charge in [0.15, 0.2) is 5.11 Å². The minimum Gasteiger partial charge on any atom is -0.352 e. The van der Waals surface area contributed by atoms with Gasteiger partial charge >= 0.3 is 0 Å². The van der Waals surface area contributed by atoms with Gasteiger partial charge in [-0.15, -0.1) is 0 Å². The highest BCUT2D eigenvalue weighted by Gasteiger charge is 2.19. The highest BCUT2D eigenvalue weighted by Crippen LogP contribution is 2.16. The standard InChI is InChI=1S/C15H16ClN5S/c16-12-2-1-3-13(10-12)19-15(22)21-8-6-20(7-9-21)14-11-17-4-5-18-14/h1-5,10-11H,6-9H2,(H,19,22). The summed E-state index contributed by atoms with van der Waals surface area (Å²) >= 11 is 11.5. The van der Waals surface area contributed by atoms with Crippen LogP contribution in [-0.4, -0.2) is 46.2 Å². The maximum Gasteiger partial charge on any atom is 0.173 e. The third-order valence-electron chi connectivity index (χ3n) is 3.52. The Morgan fingerprint density at radius 1 is 1.18 bits per heavy atom. The molecule has 2 heterocycles. The number of nitrogens with zero attached hydrogens (tertiary/aromatic N) is 4. The number of nitrogens with one attached hydrogen (secondary N) is 1. The first-order valence-electron chi connectivity index (χ1n) is 7.05. The number of aromatic nitrogens is 2. The molecule has 1 saturated heterocycles. The number of piperazine rings is 1. The molecule has 1 aliphatic rings. The monoisotopic (exact) mass is 333 g/mol. The average molecular weight is 334 g/mol. The van der Waals surface area contributed by atoms with Crippen molar-refractivity contribution in [3.63, 3.8) is 0 Å². The van der Waals surface area contributed by atoms with Gasteiger partial charge in [0.1, 0.15) is 5.82 Å². The Morgan fingerprint density at radius 2 is 2.00 bits per heavy atom. The summed E-state index contributed by atoms with van der Waals surface area (Å²) in [5, 5.41) is 4.65. The largest absolute Gasteiger partial charge is 0.352 e. The van der Waals surface area contributed by atoms with Gasteiger partial charge in [0, 0.05) is 49.3 Å². The molecule has 1 aliphatic heterocycles. The van der Waals surface area contributed by atoms with E-state index in [1.165, 1.54) is 0 Å². The van der Waals surface area contributed by atoms with Crippen LogP contribution in [0.4, 0.5) is 11.5 Å². The molecule has 0 spiro atoms. The number of rotatable bonds is 2. The lowest BCUT2D eigenvalue weighted by Crippen LogP contribution is -2.50. The lowest BCUT2D eigenvalue weighted by molar-refractivity contribution is 0.389. The number of hydrogen-bond donors (Lipinski definition) is 1. The maximum atomic E-state index is 5.98. The van der Waals surface area contributed by atoms with Crippen LogP contribution in [0.15, 0.2) is 42.9 Å². The summed E-state index contributed by atoms with van der Waals surface area (Å²) in [4.78, 5) is 12.8. The Kier molecular flexibility index (Phi) is 4.70. The fourth-order valence-electron chi connectivity index (χ4n) is 2.36. The predicted molar refractivity (Wildman–Crippen MR) is 93.5 cm³/mol. The third-order valence-corrected chi connectivity index (χ3v) is 4.11. The van der Waals surface area contributed by atoms with Crippen LogP contribution in [0.5, 0.6) is 0 Å². The fraction of sp³-hybridized carbons (Fsp3) is 0.267. The van der Waals surface area contributed by atoms with Crippen LogP contribution < -0.4 is 10.2 Å². The summed E-state index contributed by atoms with van der Waals surface area (Å²) in [6, 6.07) is 7.56. The van der Waals surface area contributed by atoms with Crippen LogP contribution in [0, 0.1) is 0 Å². The van der Waals surface area contributed by atoms with E-state index in [4.69, 9.17) is 23.8 Å². The van der Waals surface area contributed by atoms with Gasteiger partial charge in [-0.3, -0.25) is 4.98 Å². The number of benzene rings is 1. The molecule has 114 valence electrons. The molecule has 2 aromatic rings. The minimum absolute atomic E-state index is 0.695. The van der Waals surface area contributed by atoms with Crippen molar-refractivity contribution in [2.24, 2.45) is 0 Å². The molecule has 7 heteroatoms. The third kappa shape index (κ3) is 3.64. The van der Waals surface area contributed by atoms with Gasteiger partial charge in [-0.25, -0.2) is 4.98 Å². The van der Waals surface area contributed by atoms with Crippen molar-refractivity contribution in [3.05, 3.63) is 47.9 Å². The number of halogens is 1. The zero-order chi connectivity index (χ0) is 15.4. The maximum absolute atomic E-state index is 5.98. The van der Waals surface area contributed by atoms with Crippen molar-refractivity contribution in [3.8, 4) is 0 Å². The molecule has 0 aliphatic carbocycles. The van der Waals surface area contributed by atoms with E-state index in [-0.39, 0.29) is 0 Å². The highest BCUT2D eigenvalue weighted by atomic mass is 35.5. The van der Waals surface area contributed by atoms with Gasteiger partial charge in [-0.05, 0) is 30.4 Å². The van der Waals surface area contributed by atoms with Gasteiger partial charge in [0.2, 0.25) is 0 Å². The van der Waals surface area contributed by atoms with Gasteiger partial charge in [0.25, 0.3) is 0 Å². The molecular formula is C15H16ClN5S. The van der Waals surface area contributed by atoms with Crippen LogP contribution in [0.25, 0.3) is 0 Å². The summed E-state index contributed by atoms with van der Waals surface area (Å²) in [5.41, 5.74) is 0.911. The zero-order valence-corrected chi connectivity index (χ0v) is 13.5. The molecule has 1 fully saturated rings. The number of hydrogen-bond acceptors (Lipinski definition) is 4. The molecule has 1 aromatic carbocycles. The molecule has 0 atom stereocenters. The second kappa shape index (κ2) is 6.89. The second-order valence-electron chi connectivity index (χ2n) is 4.98. The number of thiocarbonyl (C=S) groups is 1. The highest BCUT2D eigenvalue weighted by molar-refractivity contribution is 7.80. The van der Waals surface area contributed by atoms with Crippen molar-refractivity contribution in [2.75, 3.05) is 36.4 Å². The average Bonchev–Trinajstić information content (AvgIpc) is 2.56. The Morgan fingerprint density at radius 3 is 2.68 bits per heavy atom. The Labute approximate surface area is 139 Å². The molecule has 0 saturated carbocycles. The van der Waals surface area contributed by atoms with Gasteiger partial charge in [-0.2, -0.15) is 0 Å². The molecule has 1 N–H and O–H groups in total. The van der Waals surface area contributed by atoms with E-state index in [9.17, 15) is 0 Å². The van der Waals surface area contributed by atoms with Gasteiger partial charge in [0.05, 0.1) is 6.20 Å². The summed E-state index contributed by atoms with van der Waals surface area (Å²) in [7, 11) is 0. The van der Waals surface area contributed by atoms with Crippen LogP contribution in [0.2, 0.25) is 5.02 Å². The Bertz CT molecular complexity index is 643. The Hall–Kier alpha value is -1.92. The predicted octanol–water partition coefficient (Wildman–Crippen LogP) is 2.65. The second-order valence-corrected chi connectivity index (χ2v) is 5.80. The lowest BCUT2D eigenvalue weighted by atomic mass is 10.3. The molecule has 1 aromatic heterocycles. The van der Waals surface area contributed by atoms with Crippen molar-refractivity contribution < 1.29 is 0 Å². The van der Waals surface area contributed by atoms with E-state index in [0.717, 1.165) is 42.8 Å². The normalized spacial score (nSPS) is 14.8. The zero-order valence-electron chi connectivity index (χ0n) is 11.9. The lowest BCUT2D eigenvalue weighted by Gasteiger charge is -2.36. The first-order valence-corrected chi connectivity index (χ1v) is 7.83. The number of anilines is 2. The van der Waals surface area contributed by atoms with Crippen molar-refractivity contribution in [1.29, 1.82) is 0 Å². The smallest absolute Gasteiger partial charge is 0.173 e. The van der Waals surface area contributed by atoms with Crippen LogP contribution in [0.1, 0.15) is 0 Å².